The SMILES string of the molecule is Cc1cncc(Cl)c1C(=O)NC(CCOCCCCc1ccc2c(n1)CCCC2)C(=O)O. The largest absolute Gasteiger partial charge is 0.480 e. The Balaban J connectivity index is 1.36. The van der Waals surface area contributed by atoms with Gasteiger partial charge in [-0.1, -0.05) is 17.7 Å². The van der Waals surface area contributed by atoms with Gasteiger partial charge >= 0.3 is 5.97 Å². The van der Waals surface area contributed by atoms with Gasteiger partial charge in [-0.25, -0.2) is 4.79 Å². The van der Waals surface area contributed by atoms with Crippen LogP contribution in [-0.2, 0) is 28.8 Å². The number of hydrogen-bond donors (Lipinski definition) is 2. The molecule has 8 heteroatoms. The molecule has 0 aromatic carbocycles. The highest BCUT2D eigenvalue weighted by atomic mass is 35.5. The van der Waals surface area contributed by atoms with Crippen molar-refractivity contribution in [2.75, 3.05) is 13.2 Å². The van der Waals surface area contributed by atoms with Gasteiger partial charge in [0.25, 0.3) is 5.91 Å². The summed E-state index contributed by atoms with van der Waals surface area (Å²) in [4.78, 5) is 32.7. The predicted molar refractivity (Wildman–Crippen MR) is 122 cm³/mol. The molecule has 0 fully saturated rings. The van der Waals surface area contributed by atoms with Crippen LogP contribution in [-0.4, -0.2) is 46.2 Å². The van der Waals surface area contributed by atoms with Crippen molar-refractivity contribution in [3.05, 3.63) is 57.6 Å². The van der Waals surface area contributed by atoms with E-state index in [0.717, 1.165) is 37.8 Å². The molecule has 0 saturated heterocycles. The second kappa shape index (κ2) is 11.9. The average Bonchev–Trinajstić information content (AvgIpc) is 2.77. The van der Waals surface area contributed by atoms with E-state index in [-0.39, 0.29) is 23.6 Å². The molecule has 7 nitrogen and oxygen atoms in total. The summed E-state index contributed by atoms with van der Waals surface area (Å²) in [6.45, 7) is 2.49. The number of carboxylic acid groups (broad SMARTS) is 1. The molecular weight excluding hydrogens is 430 g/mol. The fourth-order valence-corrected chi connectivity index (χ4v) is 4.18. The first kappa shape index (κ1) is 24.1. The fourth-order valence-electron chi connectivity index (χ4n) is 3.89. The first-order chi connectivity index (χ1) is 15.5. The number of nitrogens with one attached hydrogen (secondary N) is 1. The topological polar surface area (TPSA) is 101 Å². The fraction of sp³-hybridized carbons (Fsp3) is 0.500. The Kier molecular flexibility index (Phi) is 9.00. The van der Waals surface area contributed by atoms with Crippen LogP contribution in [0.2, 0.25) is 5.02 Å². The highest BCUT2D eigenvalue weighted by Crippen LogP contribution is 2.20. The van der Waals surface area contributed by atoms with E-state index in [1.165, 1.54) is 36.5 Å². The van der Waals surface area contributed by atoms with Crippen molar-refractivity contribution in [3.63, 3.8) is 0 Å². The van der Waals surface area contributed by atoms with Crippen molar-refractivity contribution in [3.8, 4) is 0 Å². The van der Waals surface area contributed by atoms with E-state index in [1.54, 1.807) is 6.92 Å². The van der Waals surface area contributed by atoms with E-state index in [9.17, 15) is 14.7 Å². The van der Waals surface area contributed by atoms with Gasteiger partial charge in [-0.15, -0.1) is 0 Å². The number of carbonyl (C=O) groups excluding carboxylic acids is 1. The van der Waals surface area contributed by atoms with E-state index < -0.39 is 17.9 Å². The summed E-state index contributed by atoms with van der Waals surface area (Å²) >= 11 is 6.04. The molecule has 0 saturated carbocycles. The average molecular weight is 460 g/mol. The number of aryl methyl sites for hydroxylation is 4. The molecule has 1 aliphatic carbocycles. The minimum atomic E-state index is -1.11. The third-order valence-electron chi connectivity index (χ3n) is 5.68. The molecule has 0 aliphatic heterocycles. The Labute approximate surface area is 193 Å². The Hall–Kier alpha value is -2.51. The highest BCUT2D eigenvalue weighted by Gasteiger charge is 2.23. The van der Waals surface area contributed by atoms with Crippen molar-refractivity contribution < 1.29 is 19.4 Å². The van der Waals surface area contributed by atoms with Crippen LogP contribution in [0.25, 0.3) is 0 Å². The lowest BCUT2D eigenvalue weighted by atomic mass is 9.95. The molecule has 172 valence electrons. The lowest BCUT2D eigenvalue weighted by Gasteiger charge is -2.16. The van der Waals surface area contributed by atoms with Crippen LogP contribution in [0.1, 0.15) is 65.0 Å². The standard InChI is InChI=1S/C24H30ClN3O4/c1-16-14-26-15-19(25)22(16)23(29)28-21(24(30)31)11-13-32-12-5-4-7-18-10-9-17-6-2-3-8-20(17)27-18/h9-10,14-15,21H,2-8,11-13H2,1H3,(H,28,29)(H,30,31). The summed E-state index contributed by atoms with van der Waals surface area (Å²) in [7, 11) is 0. The Morgan fingerprint density at radius 3 is 2.78 bits per heavy atom. The van der Waals surface area contributed by atoms with E-state index in [1.807, 2.05) is 0 Å². The molecule has 2 heterocycles. The summed E-state index contributed by atoms with van der Waals surface area (Å²) in [5.41, 5.74) is 4.61. The molecule has 0 bridgehead atoms. The third-order valence-corrected chi connectivity index (χ3v) is 5.96. The number of unbranched alkanes of at least 4 members (excludes halogenated alkanes) is 1. The molecule has 3 rings (SSSR count). The van der Waals surface area contributed by atoms with Gasteiger partial charge in [0, 0.05) is 43.4 Å². The quantitative estimate of drug-likeness (QED) is 0.494. The molecule has 2 aromatic heterocycles. The van der Waals surface area contributed by atoms with E-state index in [0.29, 0.717) is 12.2 Å². The van der Waals surface area contributed by atoms with Gasteiger partial charge < -0.3 is 15.2 Å². The van der Waals surface area contributed by atoms with Gasteiger partial charge in [-0.2, -0.15) is 0 Å². The summed E-state index contributed by atoms with van der Waals surface area (Å²) in [6, 6.07) is 3.29. The van der Waals surface area contributed by atoms with Crippen LogP contribution >= 0.6 is 11.6 Å². The number of halogens is 1. The van der Waals surface area contributed by atoms with Crippen molar-refractivity contribution in [2.45, 2.75) is 64.3 Å². The molecule has 0 radical (unpaired) electrons. The second-order valence-corrected chi connectivity index (χ2v) is 8.56. The maximum absolute atomic E-state index is 12.5. The van der Waals surface area contributed by atoms with Crippen LogP contribution < -0.4 is 5.32 Å². The molecule has 1 amide bonds. The van der Waals surface area contributed by atoms with Gasteiger partial charge in [0.05, 0.1) is 10.6 Å². The van der Waals surface area contributed by atoms with Gasteiger partial charge in [-0.3, -0.25) is 14.8 Å². The highest BCUT2D eigenvalue weighted by molar-refractivity contribution is 6.33. The summed E-state index contributed by atoms with van der Waals surface area (Å²) in [6.07, 6.45) is 10.5. The molecule has 32 heavy (non-hydrogen) atoms. The van der Waals surface area contributed by atoms with E-state index in [4.69, 9.17) is 21.3 Å². The molecule has 1 aliphatic rings. The van der Waals surface area contributed by atoms with Crippen molar-refractivity contribution in [1.29, 1.82) is 0 Å². The number of carbonyl (C=O) groups is 2. The molecule has 2 aromatic rings. The number of aromatic nitrogens is 2. The number of rotatable bonds is 11. The monoisotopic (exact) mass is 459 g/mol. The zero-order chi connectivity index (χ0) is 22.9. The maximum Gasteiger partial charge on any atom is 0.326 e. The molecular formula is C24H30ClN3O4. The number of fused-ring (bicyclic) bond motifs is 1. The summed E-state index contributed by atoms with van der Waals surface area (Å²) in [5, 5.41) is 12.2. The number of amides is 1. The van der Waals surface area contributed by atoms with Crippen molar-refractivity contribution in [1.82, 2.24) is 15.3 Å². The maximum atomic E-state index is 12.5. The number of carboxylic acids is 1. The Morgan fingerprint density at radius 1 is 1.19 bits per heavy atom. The lowest BCUT2D eigenvalue weighted by Crippen LogP contribution is -2.42. The zero-order valence-electron chi connectivity index (χ0n) is 18.4. The minimum Gasteiger partial charge on any atom is -0.480 e. The number of pyridine rings is 2. The van der Waals surface area contributed by atoms with Crippen LogP contribution in [0, 0.1) is 6.92 Å². The molecule has 1 unspecified atom stereocenters. The normalized spacial score (nSPS) is 13.9. The molecule has 0 spiro atoms. The van der Waals surface area contributed by atoms with Crippen LogP contribution in [0.4, 0.5) is 0 Å². The number of nitrogens with zero attached hydrogens (tertiary/aromatic N) is 2. The third kappa shape index (κ3) is 6.74. The van der Waals surface area contributed by atoms with E-state index in [2.05, 4.69) is 22.4 Å². The molecule has 1 atom stereocenters. The Morgan fingerprint density at radius 2 is 2.00 bits per heavy atom. The minimum absolute atomic E-state index is 0.176. The summed E-state index contributed by atoms with van der Waals surface area (Å²) in [5.74, 6) is -1.64. The second-order valence-electron chi connectivity index (χ2n) is 8.15. The van der Waals surface area contributed by atoms with Crippen LogP contribution in [0.15, 0.2) is 24.5 Å². The first-order valence-corrected chi connectivity index (χ1v) is 11.5. The summed E-state index contributed by atoms with van der Waals surface area (Å²) < 4.78 is 5.61. The van der Waals surface area contributed by atoms with Gasteiger partial charge in [0.2, 0.25) is 0 Å². The Bertz CT molecular complexity index is 931. The zero-order valence-corrected chi connectivity index (χ0v) is 19.2. The number of ether oxygens (including phenoxy) is 1. The molecule has 2 N–H and O–H groups in total. The van der Waals surface area contributed by atoms with Crippen LogP contribution in [0.3, 0.4) is 0 Å². The smallest absolute Gasteiger partial charge is 0.326 e. The number of hydrogen-bond acceptors (Lipinski definition) is 5. The van der Waals surface area contributed by atoms with E-state index >= 15 is 0 Å². The van der Waals surface area contributed by atoms with Crippen LogP contribution in [0.5, 0.6) is 0 Å². The first-order valence-electron chi connectivity index (χ1n) is 11.1. The predicted octanol–water partition coefficient (Wildman–Crippen LogP) is 3.93. The number of aliphatic carboxylic acids is 1. The van der Waals surface area contributed by atoms with Gasteiger partial charge in [0.1, 0.15) is 6.04 Å². The van der Waals surface area contributed by atoms with Crippen molar-refractivity contribution >= 4 is 23.5 Å². The lowest BCUT2D eigenvalue weighted by molar-refractivity contribution is -0.139. The van der Waals surface area contributed by atoms with Gasteiger partial charge in [-0.05, 0) is 69.1 Å². The van der Waals surface area contributed by atoms with Crippen molar-refractivity contribution in [2.24, 2.45) is 0 Å². The van der Waals surface area contributed by atoms with Gasteiger partial charge in [0.15, 0.2) is 0 Å².